The van der Waals surface area contributed by atoms with Crippen molar-refractivity contribution >= 4 is 14.0 Å². The topological polar surface area (TPSA) is 0 Å². The molecule has 0 fully saturated rings. The van der Waals surface area contributed by atoms with E-state index in [-0.39, 0.29) is 1.43 Å². The standard InChI is InChI=1S/C6H8P.Sc.H/c1-5-3-4-7-6(5)2;;/h3-4H,1-2H3;;/q;;-1. The van der Waals surface area contributed by atoms with Crippen molar-refractivity contribution in [2.45, 2.75) is 16.8 Å². The van der Waals surface area contributed by atoms with E-state index < -0.39 is 0 Å². The monoisotopic (exact) mass is 157 g/mol. The average molecular weight is 157 g/mol. The summed E-state index contributed by atoms with van der Waals surface area (Å²) in [4.78, 5) is 0. The van der Waals surface area contributed by atoms with Gasteiger partial charge in [0.05, 0.1) is 0 Å². The minimum Gasteiger partial charge on any atom is -1.00 e. The van der Waals surface area contributed by atoms with Crippen LogP contribution in [0.15, 0.2) is 11.6 Å². The Balaban J connectivity index is 0.000000640. The summed E-state index contributed by atoms with van der Waals surface area (Å²) in [7, 11) is 1.47. The zero-order valence-electron chi connectivity index (χ0n) is 6.18. The number of hydrogen-bond acceptors (Lipinski definition) is 0. The molecule has 0 spiro atoms. The maximum Gasteiger partial charge on any atom is -1.00 e. The van der Waals surface area contributed by atoms with Crippen molar-refractivity contribution in [2.24, 2.45) is 0 Å². The number of rotatable bonds is 0. The first-order chi connectivity index (χ1) is 3.63. The number of allylic oxidation sites excluding steroid dienone is 2. The van der Waals surface area contributed by atoms with Gasteiger partial charge in [-0.15, -0.1) is 0 Å². The van der Waals surface area contributed by atoms with Crippen LogP contribution in [0.1, 0.15) is 15.3 Å². The Hall–Kier alpha value is 0.780. The molecule has 0 bridgehead atoms. The van der Waals surface area contributed by atoms with Gasteiger partial charge in [-0.2, -0.15) is 0 Å². The second-order valence-electron chi connectivity index (χ2n) is 2.28. The second-order valence-corrected chi connectivity index (χ2v) is 6.32. The SMILES string of the molecule is CC1=CC=P[C]1(C)[Sc].[H-]. The van der Waals surface area contributed by atoms with Crippen molar-refractivity contribution in [3.05, 3.63) is 11.6 Å². The fourth-order valence-electron chi connectivity index (χ4n) is 0.574. The smallest absolute Gasteiger partial charge is 1.00 e. The normalized spacial score (nSPS) is 37.4. The van der Waals surface area contributed by atoms with Gasteiger partial charge in [0, 0.05) is 0 Å². The van der Waals surface area contributed by atoms with E-state index >= 15 is 0 Å². The van der Waals surface area contributed by atoms with E-state index in [1.165, 1.54) is 13.8 Å². The van der Waals surface area contributed by atoms with Gasteiger partial charge in [0.2, 0.25) is 0 Å². The zero-order valence-corrected chi connectivity index (χ0v) is 7.88. The van der Waals surface area contributed by atoms with Crippen LogP contribution in [0.5, 0.6) is 0 Å². The molecule has 0 amide bonds. The molecule has 8 heavy (non-hydrogen) atoms. The van der Waals surface area contributed by atoms with Crippen molar-refractivity contribution < 1.29 is 25.8 Å². The van der Waals surface area contributed by atoms with Crippen molar-refractivity contribution in [3.8, 4) is 0 Å². The van der Waals surface area contributed by atoms with E-state index in [1.807, 2.05) is 24.4 Å². The first-order valence-corrected chi connectivity index (χ1v) is 4.51. The molecule has 0 aromatic carbocycles. The summed E-state index contributed by atoms with van der Waals surface area (Å²) in [5.41, 5.74) is 1.53. The van der Waals surface area contributed by atoms with Crippen molar-refractivity contribution in [1.82, 2.24) is 0 Å². The van der Waals surface area contributed by atoms with Gasteiger partial charge in [0.25, 0.3) is 0 Å². The van der Waals surface area contributed by atoms with E-state index in [9.17, 15) is 0 Å². The Kier molecular flexibility index (Phi) is 1.89. The molecule has 1 rings (SSSR count). The van der Waals surface area contributed by atoms with Crippen LogP contribution in [0.25, 0.3) is 0 Å². The van der Waals surface area contributed by atoms with Gasteiger partial charge in [-0.3, -0.25) is 0 Å². The molecule has 1 heterocycles. The summed E-state index contributed by atoms with van der Waals surface area (Å²) < 4.78 is 0.493. The molecule has 0 aliphatic carbocycles. The molecule has 1 atom stereocenters. The Morgan fingerprint density at radius 2 is 2.50 bits per heavy atom. The summed E-state index contributed by atoms with van der Waals surface area (Å²) in [5, 5.41) is 0. The zero-order chi connectivity index (χ0) is 6.20. The molecule has 0 nitrogen and oxygen atoms in total. The minimum absolute atomic E-state index is 0. The Morgan fingerprint density at radius 3 is 2.62 bits per heavy atom. The van der Waals surface area contributed by atoms with Gasteiger partial charge >= 0.3 is 66.8 Å². The Bertz CT molecular complexity index is 160. The molecule has 0 aromatic rings. The molecule has 0 N–H and O–H groups in total. The predicted molar refractivity (Wildman–Crippen MR) is 36.3 cm³/mol. The fourth-order valence-corrected chi connectivity index (χ4v) is 2.01. The largest absolute Gasteiger partial charge is 1.00 e. The summed E-state index contributed by atoms with van der Waals surface area (Å²) >= 11 is 1.83. The molecular weight excluding hydrogens is 148 g/mol. The molecule has 0 saturated carbocycles. The Labute approximate surface area is 68.2 Å². The predicted octanol–water partition coefficient (Wildman–Crippen LogP) is 2.07. The third-order valence-corrected chi connectivity index (χ3v) is 4.06. The van der Waals surface area contributed by atoms with Crippen LogP contribution in [0.4, 0.5) is 0 Å². The molecule has 1 aliphatic rings. The maximum atomic E-state index is 2.30. The minimum atomic E-state index is 0. The third kappa shape index (κ3) is 1.19. The fraction of sp³-hybridized carbons (Fsp3) is 0.500. The Morgan fingerprint density at radius 1 is 1.88 bits per heavy atom. The van der Waals surface area contributed by atoms with Crippen molar-refractivity contribution in [2.75, 3.05) is 0 Å². The molecule has 0 saturated heterocycles. The molecule has 1 aliphatic heterocycles. The van der Waals surface area contributed by atoms with Crippen LogP contribution in [0.3, 0.4) is 0 Å². The molecule has 42 valence electrons. The van der Waals surface area contributed by atoms with Gasteiger partial charge in [0.15, 0.2) is 0 Å². The van der Waals surface area contributed by atoms with E-state index in [0.29, 0.717) is 2.91 Å². The van der Waals surface area contributed by atoms with Crippen molar-refractivity contribution in [3.63, 3.8) is 0 Å². The van der Waals surface area contributed by atoms with Crippen LogP contribution in [0.2, 0.25) is 0 Å². The summed E-state index contributed by atoms with van der Waals surface area (Å²) in [6.45, 7) is 4.50. The van der Waals surface area contributed by atoms with E-state index in [0.717, 1.165) is 0 Å². The molecule has 1 unspecified atom stereocenters. The molecule has 0 radical (unpaired) electrons. The quantitative estimate of drug-likeness (QED) is 0.472. The number of hydrogen-bond donors (Lipinski definition) is 0. The average Bonchev–Trinajstić information content (AvgIpc) is 1.86. The van der Waals surface area contributed by atoms with Crippen LogP contribution >= 0.6 is 8.20 Å². The van der Waals surface area contributed by atoms with Gasteiger partial charge in [0.1, 0.15) is 0 Å². The van der Waals surface area contributed by atoms with Gasteiger partial charge < -0.3 is 1.43 Å². The van der Waals surface area contributed by atoms with Crippen LogP contribution in [-0.2, 0) is 24.4 Å². The summed E-state index contributed by atoms with van der Waals surface area (Å²) in [5.74, 6) is 2.23. The maximum absolute atomic E-state index is 2.30. The van der Waals surface area contributed by atoms with E-state index in [4.69, 9.17) is 0 Å². The third-order valence-electron chi connectivity index (χ3n) is 1.47. The second kappa shape index (κ2) is 2.19. The van der Waals surface area contributed by atoms with Crippen LogP contribution in [0, 0.1) is 0 Å². The van der Waals surface area contributed by atoms with Crippen LogP contribution in [-0.4, -0.2) is 8.71 Å². The summed E-state index contributed by atoms with van der Waals surface area (Å²) in [6, 6.07) is 0. The molecular formula is C6H9PSc-. The van der Waals surface area contributed by atoms with Gasteiger partial charge in [-0.05, 0) is 0 Å². The first-order valence-electron chi connectivity index (χ1n) is 2.64. The molecule has 2 heteroatoms. The molecule has 0 aromatic heterocycles. The van der Waals surface area contributed by atoms with Gasteiger partial charge in [-0.25, -0.2) is 0 Å². The van der Waals surface area contributed by atoms with Crippen molar-refractivity contribution in [1.29, 1.82) is 0 Å². The first kappa shape index (κ1) is 6.89. The van der Waals surface area contributed by atoms with E-state index in [1.54, 1.807) is 0 Å². The van der Waals surface area contributed by atoms with Crippen LogP contribution < -0.4 is 0 Å². The van der Waals surface area contributed by atoms with E-state index in [2.05, 4.69) is 25.7 Å². The van der Waals surface area contributed by atoms with Gasteiger partial charge in [-0.1, -0.05) is 0 Å². The summed E-state index contributed by atoms with van der Waals surface area (Å²) in [6.07, 6.45) is 2.23.